The van der Waals surface area contributed by atoms with Gasteiger partial charge in [0.05, 0.1) is 12.5 Å². The normalized spacial score (nSPS) is 20.6. The predicted octanol–water partition coefficient (Wildman–Crippen LogP) is 4.44. The smallest absolute Gasteiger partial charge is 0.241 e. The molecule has 0 radical (unpaired) electrons. The second-order valence-electron chi connectivity index (χ2n) is 8.88. The third kappa shape index (κ3) is 6.56. The Hall–Kier alpha value is -1.86. The summed E-state index contributed by atoms with van der Waals surface area (Å²) in [6.45, 7) is 5.14. The predicted molar refractivity (Wildman–Crippen MR) is 125 cm³/mol. The van der Waals surface area contributed by atoms with Crippen LogP contribution in [0.4, 0.5) is 0 Å². The quantitative estimate of drug-likeness (QED) is 0.610. The molecule has 2 fully saturated rings. The van der Waals surface area contributed by atoms with Crippen LogP contribution in [0.15, 0.2) is 28.8 Å². The van der Waals surface area contributed by atoms with Crippen LogP contribution in [0.1, 0.15) is 56.4 Å². The van der Waals surface area contributed by atoms with Gasteiger partial charge in [0.2, 0.25) is 17.6 Å². The Labute approximate surface area is 189 Å². The average Bonchev–Trinajstić information content (AvgIpc) is 3.26. The highest BCUT2D eigenvalue weighted by Crippen LogP contribution is 2.28. The van der Waals surface area contributed by atoms with Crippen LogP contribution >= 0.6 is 11.8 Å². The van der Waals surface area contributed by atoms with Gasteiger partial charge in [-0.05, 0) is 45.2 Å². The summed E-state index contributed by atoms with van der Waals surface area (Å²) >= 11 is 2.04. The Morgan fingerprint density at radius 2 is 2.10 bits per heavy atom. The second kappa shape index (κ2) is 11.1. The van der Waals surface area contributed by atoms with Crippen molar-refractivity contribution in [2.24, 2.45) is 5.92 Å². The first-order chi connectivity index (χ1) is 15.2. The van der Waals surface area contributed by atoms with E-state index < -0.39 is 0 Å². The lowest BCUT2D eigenvalue weighted by Gasteiger charge is -2.31. The molecule has 4 rings (SSSR count). The van der Waals surface area contributed by atoms with E-state index in [2.05, 4.69) is 39.4 Å². The Kier molecular flexibility index (Phi) is 8.03. The fraction of sp³-hybridized carbons (Fsp3) is 0.625. The van der Waals surface area contributed by atoms with Crippen molar-refractivity contribution >= 4 is 17.7 Å². The van der Waals surface area contributed by atoms with Crippen molar-refractivity contribution in [3.63, 3.8) is 0 Å². The number of hydrogen-bond donors (Lipinski definition) is 1. The highest BCUT2D eigenvalue weighted by atomic mass is 32.2. The molecule has 1 aromatic carbocycles. The molecular formula is C24H34N4O2S. The summed E-state index contributed by atoms with van der Waals surface area (Å²) < 4.78 is 5.49. The highest BCUT2D eigenvalue weighted by molar-refractivity contribution is 7.99. The number of carbonyl (C=O) groups is 1. The number of amides is 1. The number of thioether (sulfide) groups is 1. The van der Waals surface area contributed by atoms with Crippen molar-refractivity contribution in [2.75, 3.05) is 25.4 Å². The van der Waals surface area contributed by atoms with Gasteiger partial charge in [0, 0.05) is 29.7 Å². The van der Waals surface area contributed by atoms with Crippen LogP contribution < -0.4 is 5.32 Å². The first kappa shape index (κ1) is 22.3. The minimum absolute atomic E-state index is 0.0487. The van der Waals surface area contributed by atoms with E-state index in [0.29, 0.717) is 18.3 Å². The van der Waals surface area contributed by atoms with E-state index in [4.69, 9.17) is 4.52 Å². The van der Waals surface area contributed by atoms with E-state index in [1.165, 1.54) is 37.7 Å². The molecule has 7 heteroatoms. The number of nitrogens with one attached hydrogen (secondary N) is 1. The maximum absolute atomic E-state index is 12.7. The van der Waals surface area contributed by atoms with Gasteiger partial charge in [-0.2, -0.15) is 16.7 Å². The van der Waals surface area contributed by atoms with E-state index in [1.54, 1.807) is 0 Å². The summed E-state index contributed by atoms with van der Waals surface area (Å²) in [7, 11) is 0. The average molecular weight is 443 g/mol. The highest BCUT2D eigenvalue weighted by Gasteiger charge is 2.27. The van der Waals surface area contributed by atoms with E-state index >= 15 is 0 Å². The van der Waals surface area contributed by atoms with Crippen molar-refractivity contribution in [3.8, 4) is 11.4 Å². The minimum Gasteiger partial charge on any atom is -0.355 e. The number of aromatic nitrogens is 2. The van der Waals surface area contributed by atoms with Gasteiger partial charge in [0.15, 0.2) is 0 Å². The second-order valence-corrected chi connectivity index (χ2v) is 10.3. The third-order valence-electron chi connectivity index (χ3n) is 6.29. The Morgan fingerprint density at radius 3 is 2.94 bits per heavy atom. The van der Waals surface area contributed by atoms with Crippen LogP contribution in [0, 0.1) is 12.8 Å². The monoisotopic (exact) mass is 442 g/mol. The molecule has 2 aromatic rings. The molecule has 1 aromatic heterocycles. The van der Waals surface area contributed by atoms with Gasteiger partial charge in [0.25, 0.3) is 0 Å². The zero-order valence-corrected chi connectivity index (χ0v) is 19.3. The maximum Gasteiger partial charge on any atom is 0.241 e. The molecule has 31 heavy (non-hydrogen) atoms. The molecule has 0 spiro atoms. The zero-order valence-electron chi connectivity index (χ0n) is 18.5. The summed E-state index contributed by atoms with van der Waals surface area (Å²) in [6.07, 6.45) is 8.80. The van der Waals surface area contributed by atoms with Crippen LogP contribution in [0.5, 0.6) is 0 Å². The number of carbonyl (C=O) groups excluding carboxylic acids is 1. The lowest BCUT2D eigenvalue weighted by Crippen LogP contribution is -2.43. The SMILES string of the molecule is Cc1cccc(-c2noc(CN3CCCC(C(=O)NCCSC4CCCCC4)C3)n2)c1. The lowest BCUT2D eigenvalue weighted by atomic mass is 9.97. The molecular weight excluding hydrogens is 408 g/mol. The van der Waals surface area contributed by atoms with E-state index in [1.807, 2.05) is 23.9 Å². The Bertz CT molecular complexity index is 850. The first-order valence-electron chi connectivity index (χ1n) is 11.7. The van der Waals surface area contributed by atoms with Gasteiger partial charge in [-0.1, -0.05) is 48.2 Å². The van der Waals surface area contributed by atoms with Crippen molar-refractivity contribution in [3.05, 3.63) is 35.7 Å². The van der Waals surface area contributed by atoms with Crippen LogP contribution in [0.25, 0.3) is 11.4 Å². The summed E-state index contributed by atoms with van der Waals surface area (Å²) in [5, 5.41) is 8.11. The zero-order chi connectivity index (χ0) is 21.5. The van der Waals surface area contributed by atoms with Gasteiger partial charge in [0.1, 0.15) is 0 Å². The van der Waals surface area contributed by atoms with Gasteiger partial charge >= 0.3 is 0 Å². The van der Waals surface area contributed by atoms with Crippen molar-refractivity contribution < 1.29 is 9.32 Å². The fourth-order valence-electron chi connectivity index (χ4n) is 4.60. The number of hydrogen-bond acceptors (Lipinski definition) is 6. The van der Waals surface area contributed by atoms with E-state index in [0.717, 1.165) is 49.0 Å². The van der Waals surface area contributed by atoms with Crippen LogP contribution in [0.3, 0.4) is 0 Å². The molecule has 1 saturated heterocycles. The largest absolute Gasteiger partial charge is 0.355 e. The molecule has 0 bridgehead atoms. The van der Waals surface area contributed by atoms with Gasteiger partial charge in [-0.3, -0.25) is 9.69 Å². The minimum atomic E-state index is 0.0487. The van der Waals surface area contributed by atoms with Gasteiger partial charge in [-0.25, -0.2) is 0 Å². The third-order valence-corrected chi connectivity index (χ3v) is 7.67. The van der Waals surface area contributed by atoms with Crippen molar-refractivity contribution in [1.82, 2.24) is 20.4 Å². The molecule has 1 saturated carbocycles. The van der Waals surface area contributed by atoms with Crippen molar-refractivity contribution in [1.29, 1.82) is 0 Å². The first-order valence-corrected chi connectivity index (χ1v) is 12.7. The molecule has 1 aliphatic heterocycles. The summed E-state index contributed by atoms with van der Waals surface area (Å²) in [5.74, 6) is 2.51. The maximum atomic E-state index is 12.7. The molecule has 1 atom stereocenters. The van der Waals surface area contributed by atoms with Gasteiger partial charge < -0.3 is 9.84 Å². The molecule has 1 amide bonds. The molecule has 2 heterocycles. The van der Waals surface area contributed by atoms with Crippen LogP contribution in [-0.2, 0) is 11.3 Å². The van der Waals surface area contributed by atoms with Crippen LogP contribution in [-0.4, -0.2) is 51.6 Å². The standard InChI is InChI=1S/C24H34N4O2S/c1-18-7-5-8-19(15-18)23-26-22(30-27-23)17-28-13-6-9-20(16-28)24(29)25-12-14-31-21-10-3-2-4-11-21/h5,7-8,15,20-21H,2-4,6,9-14,16-17H2,1H3,(H,25,29). The van der Waals surface area contributed by atoms with Crippen LogP contribution in [0.2, 0.25) is 0 Å². The number of benzene rings is 1. The van der Waals surface area contributed by atoms with E-state index in [-0.39, 0.29) is 11.8 Å². The number of likely N-dealkylation sites (tertiary alicyclic amines) is 1. The molecule has 1 N–H and O–H groups in total. The Balaban J connectivity index is 1.21. The van der Waals surface area contributed by atoms with E-state index in [9.17, 15) is 4.79 Å². The summed E-state index contributed by atoms with van der Waals surface area (Å²) in [4.78, 5) is 19.5. The van der Waals surface area contributed by atoms with Crippen molar-refractivity contribution in [2.45, 2.75) is 63.7 Å². The van der Waals surface area contributed by atoms with Gasteiger partial charge in [-0.15, -0.1) is 0 Å². The lowest BCUT2D eigenvalue weighted by molar-refractivity contribution is -0.126. The topological polar surface area (TPSA) is 71.3 Å². The number of rotatable bonds is 8. The molecule has 168 valence electrons. The molecule has 1 aliphatic carbocycles. The summed E-state index contributed by atoms with van der Waals surface area (Å²) in [6, 6.07) is 8.11. The molecule has 1 unspecified atom stereocenters. The number of nitrogens with zero attached hydrogens (tertiary/aromatic N) is 3. The summed E-state index contributed by atoms with van der Waals surface area (Å²) in [5.41, 5.74) is 2.14. The number of aryl methyl sites for hydroxylation is 1. The molecule has 2 aliphatic rings. The fourth-order valence-corrected chi connectivity index (χ4v) is 5.82. The molecule has 6 nitrogen and oxygen atoms in total. The number of piperidine rings is 1. The Morgan fingerprint density at radius 1 is 1.23 bits per heavy atom.